The molecule has 5 rings (SSSR count). The van der Waals surface area contributed by atoms with E-state index in [9.17, 15) is 19.8 Å². The quantitative estimate of drug-likeness (QED) is 0.196. The maximum atomic E-state index is 13.3. The number of aliphatic hydroxyl groups excluding tert-OH is 1. The lowest BCUT2D eigenvalue weighted by molar-refractivity contribution is -0.139. The Balaban J connectivity index is 1.57. The molecular formula is C29H26N2O6. The van der Waals surface area contributed by atoms with Gasteiger partial charge in [0.2, 0.25) is 0 Å². The van der Waals surface area contributed by atoms with Gasteiger partial charge in [-0.15, -0.1) is 0 Å². The van der Waals surface area contributed by atoms with Crippen LogP contribution in [0.5, 0.6) is 17.2 Å². The number of phenolic OH excluding ortho intramolecular Hbond substituents is 1. The first-order valence-electron chi connectivity index (χ1n) is 11.8. The van der Waals surface area contributed by atoms with E-state index in [1.54, 1.807) is 38.6 Å². The first kappa shape index (κ1) is 24.0. The van der Waals surface area contributed by atoms with Crippen molar-refractivity contribution in [2.45, 2.75) is 12.5 Å². The Morgan fingerprint density at radius 3 is 2.43 bits per heavy atom. The number of hydrogen-bond donors (Lipinski definition) is 3. The highest BCUT2D eigenvalue weighted by molar-refractivity contribution is 6.46. The van der Waals surface area contributed by atoms with E-state index in [1.807, 2.05) is 36.4 Å². The molecule has 3 N–H and O–H groups in total. The molecule has 188 valence electrons. The fourth-order valence-corrected chi connectivity index (χ4v) is 4.81. The van der Waals surface area contributed by atoms with Gasteiger partial charge in [-0.25, -0.2) is 0 Å². The van der Waals surface area contributed by atoms with Gasteiger partial charge >= 0.3 is 0 Å². The summed E-state index contributed by atoms with van der Waals surface area (Å²) < 4.78 is 10.7. The second kappa shape index (κ2) is 9.73. The molecular weight excluding hydrogens is 472 g/mol. The Kier molecular flexibility index (Phi) is 6.31. The Morgan fingerprint density at radius 1 is 0.973 bits per heavy atom. The van der Waals surface area contributed by atoms with Crippen molar-refractivity contribution in [3.05, 3.63) is 95.2 Å². The van der Waals surface area contributed by atoms with Crippen LogP contribution in [0.1, 0.15) is 22.7 Å². The maximum Gasteiger partial charge on any atom is 0.295 e. The molecule has 1 amide bonds. The van der Waals surface area contributed by atoms with Crippen molar-refractivity contribution in [3.63, 3.8) is 0 Å². The molecule has 0 radical (unpaired) electrons. The third-order valence-electron chi connectivity index (χ3n) is 6.68. The molecule has 0 bridgehead atoms. The van der Waals surface area contributed by atoms with Gasteiger partial charge in [-0.05, 0) is 47.9 Å². The average molecular weight is 499 g/mol. The predicted molar refractivity (Wildman–Crippen MR) is 139 cm³/mol. The highest BCUT2D eigenvalue weighted by Crippen LogP contribution is 2.41. The summed E-state index contributed by atoms with van der Waals surface area (Å²) in [4.78, 5) is 31.2. The number of H-pyrrole nitrogens is 1. The molecule has 1 saturated heterocycles. The molecule has 0 spiro atoms. The third-order valence-corrected chi connectivity index (χ3v) is 6.68. The minimum Gasteiger partial charge on any atom is -0.508 e. The second-order valence-electron chi connectivity index (χ2n) is 8.77. The molecule has 8 heteroatoms. The van der Waals surface area contributed by atoms with Crippen molar-refractivity contribution < 1.29 is 29.3 Å². The van der Waals surface area contributed by atoms with Crippen LogP contribution in [0, 0.1) is 0 Å². The first-order chi connectivity index (χ1) is 17.9. The Bertz CT molecular complexity index is 1520. The molecule has 2 heterocycles. The van der Waals surface area contributed by atoms with Gasteiger partial charge in [-0.1, -0.05) is 36.4 Å². The van der Waals surface area contributed by atoms with Crippen molar-refractivity contribution >= 4 is 28.4 Å². The van der Waals surface area contributed by atoms with E-state index in [2.05, 4.69) is 4.98 Å². The monoisotopic (exact) mass is 498 g/mol. The van der Waals surface area contributed by atoms with Crippen molar-refractivity contribution in [1.29, 1.82) is 0 Å². The van der Waals surface area contributed by atoms with Gasteiger partial charge in [-0.3, -0.25) is 9.59 Å². The van der Waals surface area contributed by atoms with Gasteiger partial charge in [0.1, 0.15) is 11.5 Å². The number of phenols is 1. The number of nitrogens with zero attached hydrogens (tertiary/aromatic N) is 1. The van der Waals surface area contributed by atoms with Crippen molar-refractivity contribution in [2.24, 2.45) is 0 Å². The average Bonchev–Trinajstić information content (AvgIpc) is 3.46. The molecule has 0 aliphatic carbocycles. The number of hydrogen-bond acceptors (Lipinski definition) is 6. The number of aromatic nitrogens is 1. The zero-order valence-corrected chi connectivity index (χ0v) is 20.4. The molecule has 3 aromatic carbocycles. The molecule has 0 saturated carbocycles. The topological polar surface area (TPSA) is 112 Å². The smallest absolute Gasteiger partial charge is 0.295 e. The van der Waals surface area contributed by atoms with Crippen molar-refractivity contribution in [1.82, 2.24) is 9.88 Å². The minimum atomic E-state index is -0.825. The fourth-order valence-electron chi connectivity index (χ4n) is 4.81. The van der Waals surface area contributed by atoms with Crippen LogP contribution in [0.15, 0.2) is 78.5 Å². The van der Waals surface area contributed by atoms with E-state index in [1.165, 1.54) is 17.0 Å². The predicted octanol–water partition coefficient (Wildman–Crippen LogP) is 4.56. The fraction of sp³-hybridized carbons (Fsp3) is 0.172. The number of amides is 1. The van der Waals surface area contributed by atoms with Crippen LogP contribution in [0.3, 0.4) is 0 Å². The molecule has 1 unspecified atom stereocenters. The summed E-state index contributed by atoms with van der Waals surface area (Å²) in [7, 11) is 3.11. The van der Waals surface area contributed by atoms with Crippen LogP contribution in [0.25, 0.3) is 16.7 Å². The van der Waals surface area contributed by atoms with Gasteiger partial charge in [0.25, 0.3) is 11.7 Å². The molecule has 1 atom stereocenters. The maximum absolute atomic E-state index is 13.3. The number of Topliss-reactive ketones (excluding diaryl/α,β-unsaturated/α-hetero) is 1. The number of ether oxygens (including phenoxy) is 2. The number of benzene rings is 3. The SMILES string of the molecule is COc1ccc(CCN2C(=O)C(=O)/C(=C(\O)c3c[nH]c4ccccc34)C2c2ccc(O)cc2)cc1OC. The van der Waals surface area contributed by atoms with Gasteiger partial charge in [0.05, 0.1) is 25.8 Å². The highest BCUT2D eigenvalue weighted by Gasteiger charge is 2.46. The number of methoxy groups -OCH3 is 2. The largest absolute Gasteiger partial charge is 0.508 e. The Hall–Kier alpha value is -4.72. The molecule has 1 aliphatic heterocycles. The van der Waals surface area contributed by atoms with Gasteiger partial charge in [-0.2, -0.15) is 0 Å². The zero-order chi connectivity index (χ0) is 26.1. The van der Waals surface area contributed by atoms with Crippen molar-refractivity contribution in [3.8, 4) is 17.2 Å². The van der Waals surface area contributed by atoms with E-state index >= 15 is 0 Å². The van der Waals surface area contributed by atoms with E-state index in [4.69, 9.17) is 9.47 Å². The number of aromatic amines is 1. The summed E-state index contributed by atoms with van der Waals surface area (Å²) in [6, 6.07) is 18.4. The number of fused-ring (bicyclic) bond motifs is 1. The summed E-state index contributed by atoms with van der Waals surface area (Å²) in [6.07, 6.45) is 2.07. The lowest BCUT2D eigenvalue weighted by atomic mass is 9.95. The summed E-state index contributed by atoms with van der Waals surface area (Å²) in [5.41, 5.74) is 2.74. The van der Waals surface area contributed by atoms with E-state index in [-0.39, 0.29) is 23.6 Å². The minimum absolute atomic E-state index is 0.00718. The molecule has 1 aliphatic rings. The first-order valence-corrected chi connectivity index (χ1v) is 11.8. The number of aromatic hydroxyl groups is 1. The number of rotatable bonds is 7. The van der Waals surface area contributed by atoms with Crippen LogP contribution in [-0.2, 0) is 16.0 Å². The van der Waals surface area contributed by atoms with Crippen LogP contribution >= 0.6 is 0 Å². The summed E-state index contributed by atoms with van der Waals surface area (Å²) in [6.45, 7) is 0.219. The lowest BCUT2D eigenvalue weighted by Crippen LogP contribution is -2.31. The number of nitrogens with one attached hydrogen (secondary N) is 1. The second-order valence-corrected chi connectivity index (χ2v) is 8.77. The summed E-state index contributed by atoms with van der Waals surface area (Å²) >= 11 is 0. The van der Waals surface area contributed by atoms with E-state index < -0.39 is 17.7 Å². The van der Waals surface area contributed by atoms with E-state index in [0.29, 0.717) is 29.0 Å². The number of carbonyl (C=O) groups is 2. The highest BCUT2D eigenvalue weighted by atomic mass is 16.5. The van der Waals surface area contributed by atoms with Crippen LogP contribution in [-0.4, -0.2) is 52.6 Å². The van der Waals surface area contributed by atoms with Crippen LogP contribution in [0.4, 0.5) is 0 Å². The number of ketones is 1. The molecule has 1 fully saturated rings. The van der Waals surface area contributed by atoms with Crippen LogP contribution in [0.2, 0.25) is 0 Å². The van der Waals surface area contributed by atoms with Gasteiger partial charge in [0.15, 0.2) is 11.5 Å². The van der Waals surface area contributed by atoms with Gasteiger partial charge in [0, 0.05) is 29.2 Å². The number of carbonyl (C=O) groups excluding carboxylic acids is 2. The van der Waals surface area contributed by atoms with Crippen molar-refractivity contribution in [2.75, 3.05) is 20.8 Å². The summed E-state index contributed by atoms with van der Waals surface area (Å²) in [5, 5.41) is 21.9. The molecule has 1 aromatic heterocycles. The molecule has 4 aromatic rings. The number of para-hydroxylation sites is 1. The number of likely N-dealkylation sites (tertiary alicyclic amines) is 1. The third kappa shape index (κ3) is 4.27. The van der Waals surface area contributed by atoms with E-state index in [0.717, 1.165) is 16.5 Å². The van der Waals surface area contributed by atoms with Crippen LogP contribution < -0.4 is 9.47 Å². The standard InChI is InChI=1S/C29H26N2O6/c1-36-23-12-7-17(15-24(23)37-2)13-14-31-26(18-8-10-19(32)11-9-18)25(28(34)29(31)35)27(33)21-16-30-22-6-4-3-5-20(21)22/h3-12,15-16,26,30,32-33H,13-14H2,1-2H3/b27-25-. The summed E-state index contributed by atoms with van der Waals surface area (Å²) in [5.74, 6) is -0.482. The Labute approximate surface area is 213 Å². The Morgan fingerprint density at radius 2 is 1.70 bits per heavy atom. The molecule has 37 heavy (non-hydrogen) atoms. The number of aliphatic hydroxyl groups is 1. The lowest BCUT2D eigenvalue weighted by Gasteiger charge is -2.25. The normalized spacial score (nSPS) is 16.9. The molecule has 8 nitrogen and oxygen atoms in total. The zero-order valence-electron chi connectivity index (χ0n) is 20.4. The van der Waals surface area contributed by atoms with Gasteiger partial charge < -0.3 is 29.6 Å².